The summed E-state index contributed by atoms with van der Waals surface area (Å²) >= 11 is 6.35. The molecule has 0 saturated carbocycles. The molecule has 2 aliphatic rings. The maximum atomic E-state index is 12.4. The van der Waals surface area contributed by atoms with Crippen LogP contribution < -0.4 is 4.90 Å². The predicted octanol–water partition coefficient (Wildman–Crippen LogP) is 3.40. The van der Waals surface area contributed by atoms with Gasteiger partial charge in [0.25, 0.3) is 11.8 Å². The number of rotatable bonds is 1. The van der Waals surface area contributed by atoms with Gasteiger partial charge in [0.2, 0.25) is 0 Å². The van der Waals surface area contributed by atoms with E-state index in [0.717, 1.165) is 10.2 Å². The molecule has 0 spiro atoms. The summed E-state index contributed by atoms with van der Waals surface area (Å²) in [4.78, 5) is 27.2. The number of hydrogen-bond acceptors (Lipinski definition) is 4. The van der Waals surface area contributed by atoms with E-state index in [-0.39, 0.29) is 11.8 Å². The molecule has 1 aromatic rings. The Morgan fingerprint density at radius 2 is 1.79 bits per heavy atom. The number of carbonyl (C=O) groups is 2. The summed E-state index contributed by atoms with van der Waals surface area (Å²) in [6, 6.07) is 7.21. The summed E-state index contributed by atoms with van der Waals surface area (Å²) in [7, 11) is 0. The van der Waals surface area contributed by atoms with Gasteiger partial charge in [-0.1, -0.05) is 22.9 Å². The number of thioether (sulfide) groups is 2. The largest absolute Gasteiger partial charge is 0.273 e. The lowest BCUT2D eigenvalue weighted by atomic mass is 10.3. The van der Waals surface area contributed by atoms with Crippen molar-refractivity contribution in [1.82, 2.24) is 0 Å². The lowest BCUT2D eigenvalue weighted by Crippen LogP contribution is -2.31. The van der Waals surface area contributed by atoms with Gasteiger partial charge in [0.15, 0.2) is 0 Å². The van der Waals surface area contributed by atoms with Crippen molar-refractivity contribution >= 4 is 57.0 Å². The Hall–Kier alpha value is -0.720. The number of anilines is 1. The van der Waals surface area contributed by atoms with Gasteiger partial charge in [-0.25, -0.2) is 4.90 Å². The normalized spacial score (nSPS) is 23.1. The number of carbonyl (C=O) groups excluding carboxylic acids is 2. The van der Waals surface area contributed by atoms with Crippen LogP contribution in [-0.4, -0.2) is 22.8 Å². The second-order valence-corrected chi connectivity index (χ2v) is 7.71. The van der Waals surface area contributed by atoms with Crippen LogP contribution in [0.5, 0.6) is 0 Å². The molecule has 0 bridgehead atoms. The summed E-state index contributed by atoms with van der Waals surface area (Å²) in [6.45, 7) is 2.07. The quantitative estimate of drug-likeness (QED) is 0.723. The van der Waals surface area contributed by atoms with Crippen LogP contribution >= 0.6 is 39.5 Å². The van der Waals surface area contributed by atoms with E-state index in [1.54, 1.807) is 12.1 Å². The number of benzene rings is 1. The smallest absolute Gasteiger partial charge is 0.268 e. The molecule has 3 rings (SSSR count). The summed E-state index contributed by atoms with van der Waals surface area (Å²) in [6.07, 6.45) is 0. The van der Waals surface area contributed by atoms with Gasteiger partial charge >= 0.3 is 0 Å². The molecular weight excluding hydrogens is 346 g/mol. The molecule has 0 N–H and O–H groups in total. The van der Waals surface area contributed by atoms with Gasteiger partial charge < -0.3 is 0 Å². The van der Waals surface area contributed by atoms with Crippen LogP contribution in [0.2, 0.25) is 0 Å². The maximum absolute atomic E-state index is 12.4. The van der Waals surface area contributed by atoms with Gasteiger partial charge in [0.1, 0.15) is 0 Å². The fourth-order valence-corrected chi connectivity index (χ4v) is 4.67. The molecule has 0 unspecified atom stereocenters. The topological polar surface area (TPSA) is 37.4 Å². The summed E-state index contributed by atoms with van der Waals surface area (Å²) in [5.74, 6) is 0.495. The van der Waals surface area contributed by atoms with Gasteiger partial charge in [-0.15, -0.1) is 23.5 Å². The van der Waals surface area contributed by atoms with Crippen molar-refractivity contribution in [2.24, 2.45) is 0 Å². The first-order chi connectivity index (χ1) is 9.08. The van der Waals surface area contributed by atoms with E-state index < -0.39 is 0 Å². The van der Waals surface area contributed by atoms with E-state index in [0.29, 0.717) is 20.7 Å². The van der Waals surface area contributed by atoms with Crippen LogP contribution in [0.3, 0.4) is 0 Å². The number of imide groups is 1. The van der Waals surface area contributed by atoms with Crippen LogP contribution in [0.15, 0.2) is 38.5 Å². The van der Waals surface area contributed by atoms with Crippen LogP contribution in [0, 0.1) is 0 Å². The molecule has 0 aromatic heterocycles. The second-order valence-electron chi connectivity index (χ2n) is 4.32. The molecule has 0 aliphatic carbocycles. The highest BCUT2D eigenvalue weighted by Gasteiger charge is 2.42. The van der Waals surface area contributed by atoms with Gasteiger partial charge in [-0.05, 0) is 24.3 Å². The van der Waals surface area contributed by atoms with Crippen molar-refractivity contribution in [1.29, 1.82) is 0 Å². The van der Waals surface area contributed by atoms with Crippen LogP contribution in [0.4, 0.5) is 5.69 Å². The zero-order chi connectivity index (χ0) is 13.6. The molecule has 0 radical (unpaired) electrons. The van der Waals surface area contributed by atoms with Crippen LogP contribution in [0.25, 0.3) is 0 Å². The minimum atomic E-state index is -0.189. The summed E-state index contributed by atoms with van der Waals surface area (Å²) < 4.78 is 0.922. The maximum Gasteiger partial charge on any atom is 0.273 e. The zero-order valence-electron chi connectivity index (χ0n) is 10.1. The van der Waals surface area contributed by atoms with Gasteiger partial charge in [-0.2, -0.15) is 0 Å². The van der Waals surface area contributed by atoms with Crippen molar-refractivity contribution in [2.75, 3.05) is 10.7 Å². The van der Waals surface area contributed by atoms with E-state index in [9.17, 15) is 9.59 Å². The lowest BCUT2D eigenvalue weighted by molar-refractivity contribution is -0.120. The highest BCUT2D eigenvalue weighted by Crippen LogP contribution is 2.45. The molecule has 2 aliphatic heterocycles. The first-order valence-electron chi connectivity index (χ1n) is 5.76. The molecular formula is C13H10BrNO2S2. The highest BCUT2D eigenvalue weighted by molar-refractivity contribution is 9.10. The highest BCUT2D eigenvalue weighted by atomic mass is 79.9. The molecule has 1 aromatic carbocycles. The van der Waals surface area contributed by atoms with Crippen molar-refractivity contribution < 1.29 is 9.59 Å². The molecule has 98 valence electrons. The van der Waals surface area contributed by atoms with Gasteiger partial charge in [0.05, 0.1) is 15.5 Å². The Kier molecular flexibility index (Phi) is 3.49. The van der Waals surface area contributed by atoms with Gasteiger partial charge in [0, 0.05) is 15.5 Å². The fourth-order valence-electron chi connectivity index (χ4n) is 1.98. The predicted molar refractivity (Wildman–Crippen MR) is 83.2 cm³/mol. The van der Waals surface area contributed by atoms with E-state index in [1.807, 2.05) is 12.1 Å². The fraction of sp³-hybridized carbons (Fsp3) is 0.231. The minimum absolute atomic E-state index is 0.188. The number of hydrogen-bond donors (Lipinski definition) is 0. The van der Waals surface area contributed by atoms with Crippen molar-refractivity contribution in [2.45, 2.75) is 12.2 Å². The van der Waals surface area contributed by atoms with Crippen LogP contribution in [-0.2, 0) is 9.59 Å². The third-order valence-electron chi connectivity index (χ3n) is 2.87. The lowest BCUT2D eigenvalue weighted by Gasteiger charge is -2.15. The number of amides is 2. The molecule has 6 heteroatoms. The molecule has 3 nitrogen and oxygen atoms in total. The van der Waals surface area contributed by atoms with Crippen LogP contribution in [0.1, 0.15) is 6.92 Å². The Labute approximate surface area is 127 Å². The third-order valence-corrected chi connectivity index (χ3v) is 6.25. The number of nitrogens with zero attached hydrogens (tertiary/aromatic N) is 1. The van der Waals surface area contributed by atoms with E-state index >= 15 is 0 Å². The molecule has 0 saturated heterocycles. The van der Waals surface area contributed by atoms with Crippen molar-refractivity contribution in [3.05, 3.63) is 38.5 Å². The summed E-state index contributed by atoms with van der Waals surface area (Å²) in [5, 5.41) is 0.366. The van der Waals surface area contributed by atoms with Crippen molar-refractivity contribution in [3.8, 4) is 0 Å². The van der Waals surface area contributed by atoms with Gasteiger partial charge in [-0.3, -0.25) is 9.59 Å². The molecule has 0 fully saturated rings. The Morgan fingerprint density at radius 3 is 2.47 bits per heavy atom. The van der Waals surface area contributed by atoms with E-state index in [4.69, 9.17) is 0 Å². The Bertz CT molecular complexity index is 597. The van der Waals surface area contributed by atoms with Crippen molar-refractivity contribution in [3.63, 3.8) is 0 Å². The zero-order valence-corrected chi connectivity index (χ0v) is 13.3. The standard InChI is InChI=1S/C13H10BrNO2S2/c1-7-6-18-10-11(19-7)13(17)15(12(10)16)9-4-2-8(14)3-5-9/h2-5,7H,6H2,1H3/t7-/m0/s1. The third kappa shape index (κ3) is 2.26. The Morgan fingerprint density at radius 1 is 1.16 bits per heavy atom. The minimum Gasteiger partial charge on any atom is -0.268 e. The average Bonchev–Trinajstić information content (AvgIpc) is 2.63. The molecule has 2 amide bonds. The number of halogens is 1. The summed E-state index contributed by atoms with van der Waals surface area (Å²) in [5.41, 5.74) is 0.626. The SMILES string of the molecule is C[C@H]1CSC2=C(S1)C(=O)N(c1ccc(Br)cc1)C2=O. The second kappa shape index (κ2) is 5.00. The van der Waals surface area contributed by atoms with E-state index in [2.05, 4.69) is 22.9 Å². The van der Waals surface area contributed by atoms with E-state index in [1.165, 1.54) is 28.4 Å². The molecule has 19 heavy (non-hydrogen) atoms. The first kappa shape index (κ1) is 13.3. The Balaban J connectivity index is 1.97. The average molecular weight is 356 g/mol. The monoisotopic (exact) mass is 355 g/mol. The first-order valence-corrected chi connectivity index (χ1v) is 8.42. The molecule has 2 heterocycles. The molecule has 1 atom stereocenters.